The van der Waals surface area contributed by atoms with Crippen LogP contribution in [0.3, 0.4) is 0 Å². The van der Waals surface area contributed by atoms with Gasteiger partial charge in [0.15, 0.2) is 11.6 Å². The molecule has 4 atom stereocenters. The van der Waals surface area contributed by atoms with E-state index in [1.807, 2.05) is 13.8 Å². The Morgan fingerprint density at radius 1 is 1.25 bits per heavy atom. The highest BCUT2D eigenvalue weighted by Gasteiger charge is 2.58. The molecule has 0 saturated heterocycles. The normalized spacial score (nSPS) is 26.6. The number of ketones is 2. The number of likely N-dealkylation sites (N-methyl/N-ethyl adjacent to an activating group) is 1. The van der Waals surface area contributed by atoms with Gasteiger partial charge in [-0.25, -0.2) is 0 Å². The van der Waals surface area contributed by atoms with Gasteiger partial charge >= 0.3 is 6.18 Å². The van der Waals surface area contributed by atoms with Gasteiger partial charge in [0.1, 0.15) is 22.7 Å². The molecule has 3 aliphatic carbocycles. The smallest absolute Gasteiger partial charge is 0.390 e. The number of Topliss-reactive ketones (excluding diaryl/α,β-unsaturated/α-hetero) is 2. The lowest BCUT2D eigenvalue weighted by Gasteiger charge is -2.49. The Kier molecular flexibility index (Phi) is 7.67. The van der Waals surface area contributed by atoms with Crippen LogP contribution in [0.15, 0.2) is 29.0 Å². The molecule has 40 heavy (non-hydrogen) atoms. The largest absolute Gasteiger partial charge is 0.508 e. The van der Waals surface area contributed by atoms with Crippen LogP contribution in [0.2, 0.25) is 0 Å². The van der Waals surface area contributed by atoms with Gasteiger partial charge in [-0.05, 0) is 56.0 Å². The van der Waals surface area contributed by atoms with E-state index in [4.69, 9.17) is 5.73 Å². The van der Waals surface area contributed by atoms with Crippen LogP contribution in [0, 0.1) is 11.8 Å². The van der Waals surface area contributed by atoms with Crippen molar-refractivity contribution < 1.29 is 42.9 Å². The van der Waals surface area contributed by atoms with E-state index in [2.05, 4.69) is 5.32 Å². The van der Waals surface area contributed by atoms with Crippen LogP contribution in [0.5, 0.6) is 5.75 Å². The first-order valence-electron chi connectivity index (χ1n) is 13.1. The number of phenols is 1. The molecule has 2 unspecified atom stereocenters. The number of aliphatic hydroxyl groups is 2. The number of carbonyl (C=O) groups excluding carboxylic acids is 3. The van der Waals surface area contributed by atoms with Gasteiger partial charge in [-0.1, -0.05) is 19.9 Å². The van der Waals surface area contributed by atoms with E-state index in [0.717, 1.165) is 5.56 Å². The number of carbonyl (C=O) groups is 3. The third-order valence-electron chi connectivity index (χ3n) is 8.22. The van der Waals surface area contributed by atoms with E-state index in [1.165, 1.54) is 11.0 Å². The molecule has 12 heteroatoms. The first-order valence-corrected chi connectivity index (χ1v) is 13.1. The number of fused-ring (bicyclic) bond motifs is 3. The van der Waals surface area contributed by atoms with E-state index in [-0.39, 0.29) is 47.9 Å². The topological polar surface area (TPSA) is 153 Å². The van der Waals surface area contributed by atoms with E-state index in [1.54, 1.807) is 20.2 Å². The predicted molar refractivity (Wildman–Crippen MR) is 139 cm³/mol. The molecule has 1 aromatic carbocycles. The number of nitrogens with zero attached hydrogens (tertiary/aromatic N) is 1. The monoisotopic (exact) mass is 565 g/mol. The molecule has 0 heterocycles. The van der Waals surface area contributed by atoms with Gasteiger partial charge in [-0.15, -0.1) is 0 Å². The van der Waals surface area contributed by atoms with Crippen LogP contribution in [0.1, 0.15) is 59.7 Å². The summed E-state index contributed by atoms with van der Waals surface area (Å²) in [5.74, 6) is -5.23. The van der Waals surface area contributed by atoms with Gasteiger partial charge in [0.2, 0.25) is 0 Å². The van der Waals surface area contributed by atoms with Crippen molar-refractivity contribution in [1.82, 2.24) is 10.2 Å². The van der Waals surface area contributed by atoms with Crippen LogP contribution in [-0.2, 0) is 22.6 Å². The second-order valence-electron chi connectivity index (χ2n) is 11.4. The first kappa shape index (κ1) is 29.8. The maximum Gasteiger partial charge on any atom is 0.390 e. The molecule has 0 aromatic heterocycles. The van der Waals surface area contributed by atoms with Gasteiger partial charge in [-0.2, -0.15) is 13.2 Å². The molecule has 0 fully saturated rings. The second-order valence-corrected chi connectivity index (χ2v) is 11.4. The van der Waals surface area contributed by atoms with Crippen LogP contribution < -0.4 is 11.1 Å². The van der Waals surface area contributed by atoms with Crippen LogP contribution in [-0.4, -0.2) is 76.2 Å². The van der Waals surface area contributed by atoms with Crippen molar-refractivity contribution in [3.8, 4) is 5.75 Å². The number of halogens is 3. The summed E-state index contributed by atoms with van der Waals surface area (Å²) in [6.07, 6.45) is -3.81. The molecule has 0 bridgehead atoms. The number of phenolic OH excluding ortho intramolecular Hbond substituents is 1. The molecule has 0 radical (unpaired) electrons. The number of rotatable bonds is 7. The average molecular weight is 566 g/mol. The van der Waals surface area contributed by atoms with Gasteiger partial charge in [0.25, 0.3) is 5.91 Å². The molecule has 0 aliphatic heterocycles. The summed E-state index contributed by atoms with van der Waals surface area (Å²) in [6, 6.07) is 0.696. The summed E-state index contributed by atoms with van der Waals surface area (Å²) in [5.41, 5.74) is 4.14. The van der Waals surface area contributed by atoms with Crippen LogP contribution in [0.25, 0.3) is 0 Å². The lowest BCUT2D eigenvalue weighted by atomic mass is 9.59. The molecule has 9 nitrogen and oxygen atoms in total. The standard InChI is InChI=1S/C28H34F3N3O6/c1-12(2)15-8-14(11-33-6-5-28(29,30)31)22(35)19-16(15)7-13-9-18-21(34(3)4)24(37)20(26(32)39)25(38)27(18,40)10-17(13)23(19)36/h8,10,12-13,18,21,33,35,38,40H,5-7,9,11H2,1-4H3,(H2,32,39)/t13?,18-,21?,27+/m0/s1. The zero-order chi connectivity index (χ0) is 29.9. The molecule has 4 rings (SSSR count). The third kappa shape index (κ3) is 4.92. The highest BCUT2D eigenvalue weighted by Crippen LogP contribution is 2.51. The first-order chi connectivity index (χ1) is 18.5. The highest BCUT2D eigenvalue weighted by molar-refractivity contribution is 6.22. The van der Waals surface area contributed by atoms with Crippen molar-refractivity contribution in [2.75, 3.05) is 20.6 Å². The van der Waals surface area contributed by atoms with Crippen molar-refractivity contribution in [3.05, 3.63) is 51.3 Å². The summed E-state index contributed by atoms with van der Waals surface area (Å²) >= 11 is 0. The predicted octanol–water partition coefficient (Wildman–Crippen LogP) is 2.40. The summed E-state index contributed by atoms with van der Waals surface area (Å²) in [4.78, 5) is 40.7. The van der Waals surface area contributed by atoms with Crippen molar-refractivity contribution in [2.24, 2.45) is 17.6 Å². The maximum absolute atomic E-state index is 13.9. The van der Waals surface area contributed by atoms with Gasteiger partial charge < -0.3 is 26.4 Å². The minimum absolute atomic E-state index is 0.00184. The number of nitrogens with two attached hydrogens (primary N) is 1. The van der Waals surface area contributed by atoms with E-state index >= 15 is 0 Å². The quantitative estimate of drug-likeness (QED) is 0.250. The molecular weight excluding hydrogens is 531 g/mol. The Bertz CT molecular complexity index is 1330. The Labute approximate surface area is 229 Å². The minimum Gasteiger partial charge on any atom is -0.508 e. The van der Waals surface area contributed by atoms with Crippen molar-refractivity contribution in [2.45, 2.75) is 63.4 Å². The SMILES string of the molecule is CC(C)c1cc(CNCCC(F)(F)F)c(O)c2c1CC1C[C@H]3C(N(C)C)C(=O)C(C(N)=O)=C(O)[C@@]3(O)C=C1C2=O. The Morgan fingerprint density at radius 3 is 2.45 bits per heavy atom. The summed E-state index contributed by atoms with van der Waals surface area (Å²) in [6.45, 7) is 3.33. The number of allylic oxidation sites excluding steroid dienone is 1. The molecule has 6 N–H and O–H groups in total. The van der Waals surface area contributed by atoms with Crippen molar-refractivity contribution >= 4 is 17.5 Å². The van der Waals surface area contributed by atoms with Crippen molar-refractivity contribution in [1.29, 1.82) is 0 Å². The zero-order valence-electron chi connectivity index (χ0n) is 22.7. The van der Waals surface area contributed by atoms with Gasteiger partial charge in [0.05, 0.1) is 18.0 Å². The molecule has 0 spiro atoms. The zero-order valence-corrected chi connectivity index (χ0v) is 22.7. The number of amides is 1. The fourth-order valence-corrected chi connectivity index (χ4v) is 6.36. The maximum atomic E-state index is 13.9. The number of benzene rings is 1. The summed E-state index contributed by atoms with van der Waals surface area (Å²) in [7, 11) is 3.20. The molecule has 0 saturated carbocycles. The Hall–Kier alpha value is -3.22. The third-order valence-corrected chi connectivity index (χ3v) is 8.22. The number of hydrogen-bond acceptors (Lipinski definition) is 8. The summed E-state index contributed by atoms with van der Waals surface area (Å²) < 4.78 is 37.7. The number of aliphatic hydroxyl groups excluding tert-OH is 1. The molecule has 3 aliphatic rings. The van der Waals surface area contributed by atoms with Crippen LogP contribution in [0.4, 0.5) is 13.2 Å². The van der Waals surface area contributed by atoms with E-state index in [0.29, 0.717) is 12.0 Å². The fourth-order valence-electron chi connectivity index (χ4n) is 6.36. The number of hydrogen-bond donors (Lipinski definition) is 5. The van der Waals surface area contributed by atoms with E-state index in [9.17, 15) is 42.9 Å². The Balaban J connectivity index is 1.82. The van der Waals surface area contributed by atoms with Crippen molar-refractivity contribution in [3.63, 3.8) is 0 Å². The lowest BCUT2D eigenvalue weighted by molar-refractivity contribution is -0.134. The molecule has 1 aromatic rings. The minimum atomic E-state index is -4.34. The number of aromatic hydroxyl groups is 1. The number of primary amides is 1. The lowest BCUT2D eigenvalue weighted by Crippen LogP contribution is -2.61. The molecular formula is C28H34F3N3O6. The second kappa shape index (κ2) is 10.3. The van der Waals surface area contributed by atoms with E-state index < -0.39 is 64.9 Å². The average Bonchev–Trinajstić information content (AvgIpc) is 2.82. The van der Waals surface area contributed by atoms with Gasteiger partial charge in [0, 0.05) is 30.1 Å². The van der Waals surface area contributed by atoms with Gasteiger partial charge in [-0.3, -0.25) is 19.3 Å². The summed E-state index contributed by atoms with van der Waals surface area (Å²) in [5, 5.41) is 36.4. The number of nitrogens with one attached hydrogen (secondary N) is 1. The Morgan fingerprint density at radius 2 is 1.90 bits per heavy atom. The number of alkyl halides is 3. The van der Waals surface area contributed by atoms with Crippen LogP contribution >= 0.6 is 0 Å². The molecule has 218 valence electrons. The highest BCUT2D eigenvalue weighted by atomic mass is 19.4. The fraction of sp³-hybridized carbons (Fsp3) is 0.536. The molecule has 1 amide bonds.